The number of aliphatic hydroxyl groups is 1. The summed E-state index contributed by atoms with van der Waals surface area (Å²) in [4.78, 5) is 14.0. The average Bonchev–Trinajstić information content (AvgIpc) is 2.95. The second-order valence-corrected chi connectivity index (χ2v) is 4.89. The number of aryl methyl sites for hydroxylation is 1. The Bertz CT molecular complexity index is 603. The Kier molecular flexibility index (Phi) is 2.59. The summed E-state index contributed by atoms with van der Waals surface area (Å²) in [5, 5.41) is 10.5. The third-order valence-corrected chi connectivity index (χ3v) is 3.58. The first-order valence-corrected chi connectivity index (χ1v) is 6.17. The highest BCUT2D eigenvalue weighted by Gasteiger charge is 2.25. The van der Waals surface area contributed by atoms with Crippen molar-refractivity contribution in [2.24, 2.45) is 7.05 Å². The van der Waals surface area contributed by atoms with Crippen LogP contribution in [-0.4, -0.2) is 39.7 Å². The number of aromatic nitrogens is 1. The predicted octanol–water partition coefficient (Wildman–Crippen LogP) is 1.39. The van der Waals surface area contributed by atoms with Crippen molar-refractivity contribution >= 4 is 16.8 Å². The summed E-state index contributed by atoms with van der Waals surface area (Å²) in [5.74, 6) is 0.0114. The lowest BCUT2D eigenvalue weighted by atomic mass is 10.1. The highest BCUT2D eigenvalue weighted by atomic mass is 16.3. The zero-order valence-electron chi connectivity index (χ0n) is 10.3. The quantitative estimate of drug-likeness (QED) is 0.824. The van der Waals surface area contributed by atoms with Crippen molar-refractivity contribution in [3.63, 3.8) is 0 Å². The molecule has 1 aliphatic rings. The van der Waals surface area contributed by atoms with Crippen LogP contribution in [0.15, 0.2) is 30.5 Å². The van der Waals surface area contributed by atoms with Gasteiger partial charge in [-0.1, -0.05) is 0 Å². The van der Waals surface area contributed by atoms with E-state index >= 15 is 0 Å². The lowest BCUT2D eigenvalue weighted by Gasteiger charge is -2.15. The Morgan fingerprint density at radius 3 is 2.94 bits per heavy atom. The van der Waals surface area contributed by atoms with Crippen LogP contribution in [0.4, 0.5) is 0 Å². The number of hydrogen-bond donors (Lipinski definition) is 1. The van der Waals surface area contributed by atoms with Crippen molar-refractivity contribution in [2.75, 3.05) is 13.1 Å². The zero-order valence-corrected chi connectivity index (χ0v) is 10.3. The van der Waals surface area contributed by atoms with E-state index < -0.39 is 0 Å². The fourth-order valence-electron chi connectivity index (χ4n) is 2.52. The fourth-order valence-corrected chi connectivity index (χ4v) is 2.52. The number of likely N-dealkylation sites (tertiary alicyclic amines) is 1. The summed E-state index contributed by atoms with van der Waals surface area (Å²) < 4.78 is 2.03. The molecule has 1 fully saturated rings. The molecule has 2 aromatic rings. The van der Waals surface area contributed by atoms with E-state index in [1.807, 2.05) is 42.1 Å². The normalized spacial score (nSPS) is 19.7. The molecule has 1 amide bonds. The second-order valence-electron chi connectivity index (χ2n) is 4.89. The number of rotatable bonds is 1. The SMILES string of the molecule is Cn1ccc2cc(C(=O)N3CCC(O)C3)ccc21. The lowest BCUT2D eigenvalue weighted by Crippen LogP contribution is -2.29. The van der Waals surface area contributed by atoms with E-state index in [9.17, 15) is 9.90 Å². The number of benzene rings is 1. The van der Waals surface area contributed by atoms with Crippen LogP contribution in [0.3, 0.4) is 0 Å². The van der Waals surface area contributed by atoms with Gasteiger partial charge in [0, 0.05) is 42.8 Å². The maximum Gasteiger partial charge on any atom is 0.253 e. The van der Waals surface area contributed by atoms with Gasteiger partial charge in [0.1, 0.15) is 0 Å². The molecule has 0 aliphatic carbocycles. The minimum atomic E-state index is -0.366. The van der Waals surface area contributed by atoms with E-state index in [2.05, 4.69) is 0 Å². The number of carbonyl (C=O) groups excluding carboxylic acids is 1. The summed E-state index contributed by atoms with van der Waals surface area (Å²) in [6.45, 7) is 1.10. The molecule has 4 nitrogen and oxygen atoms in total. The van der Waals surface area contributed by atoms with Gasteiger partial charge in [-0.3, -0.25) is 4.79 Å². The van der Waals surface area contributed by atoms with Gasteiger partial charge in [-0.2, -0.15) is 0 Å². The highest BCUT2D eigenvalue weighted by Crippen LogP contribution is 2.19. The molecule has 1 atom stereocenters. The summed E-state index contributed by atoms with van der Waals surface area (Å²) in [5.41, 5.74) is 1.82. The number of carbonyl (C=O) groups is 1. The first-order chi connectivity index (χ1) is 8.65. The molecular formula is C14H16N2O2. The molecule has 0 spiro atoms. The molecule has 4 heteroatoms. The van der Waals surface area contributed by atoms with Gasteiger partial charge in [-0.25, -0.2) is 0 Å². The van der Waals surface area contributed by atoms with Crippen molar-refractivity contribution in [2.45, 2.75) is 12.5 Å². The molecule has 2 heterocycles. The smallest absolute Gasteiger partial charge is 0.253 e. The third kappa shape index (κ3) is 1.78. The zero-order chi connectivity index (χ0) is 12.7. The van der Waals surface area contributed by atoms with Crippen molar-refractivity contribution in [1.82, 2.24) is 9.47 Å². The summed E-state index contributed by atoms with van der Waals surface area (Å²) in [7, 11) is 1.99. The van der Waals surface area contributed by atoms with Crippen molar-refractivity contribution in [3.05, 3.63) is 36.0 Å². The highest BCUT2D eigenvalue weighted by molar-refractivity contribution is 5.98. The van der Waals surface area contributed by atoms with Crippen LogP contribution < -0.4 is 0 Å². The van der Waals surface area contributed by atoms with E-state index in [1.54, 1.807) is 4.90 Å². The Morgan fingerprint density at radius 2 is 2.22 bits per heavy atom. The Labute approximate surface area is 105 Å². The van der Waals surface area contributed by atoms with Crippen molar-refractivity contribution < 1.29 is 9.90 Å². The molecule has 1 saturated heterocycles. The standard InChI is InChI=1S/C14H16N2O2/c1-15-6-4-10-8-11(2-3-13(10)15)14(18)16-7-5-12(17)9-16/h2-4,6,8,12,17H,5,7,9H2,1H3. The number of amides is 1. The molecule has 1 unspecified atom stereocenters. The van der Waals surface area contributed by atoms with E-state index in [4.69, 9.17) is 0 Å². The molecule has 1 aliphatic heterocycles. The fraction of sp³-hybridized carbons (Fsp3) is 0.357. The summed E-state index contributed by atoms with van der Waals surface area (Å²) in [6.07, 6.45) is 2.30. The van der Waals surface area contributed by atoms with Crippen LogP contribution in [0.5, 0.6) is 0 Å². The average molecular weight is 244 g/mol. The molecule has 3 rings (SSSR count). The number of fused-ring (bicyclic) bond motifs is 1. The molecule has 94 valence electrons. The second kappa shape index (κ2) is 4.14. The maximum absolute atomic E-state index is 12.3. The molecule has 1 aromatic heterocycles. The Balaban J connectivity index is 1.92. The number of β-amino-alcohol motifs (C(OH)–C–C–N with tert-alkyl or cyclic N) is 1. The lowest BCUT2D eigenvalue weighted by molar-refractivity contribution is 0.0765. The van der Waals surface area contributed by atoms with E-state index in [0.717, 1.165) is 10.9 Å². The summed E-state index contributed by atoms with van der Waals surface area (Å²) >= 11 is 0. The summed E-state index contributed by atoms with van der Waals surface area (Å²) in [6, 6.07) is 7.75. The third-order valence-electron chi connectivity index (χ3n) is 3.58. The van der Waals surface area contributed by atoms with Gasteiger partial charge in [0.25, 0.3) is 5.91 Å². The maximum atomic E-state index is 12.3. The Hall–Kier alpha value is -1.81. The van der Waals surface area contributed by atoms with Gasteiger partial charge >= 0.3 is 0 Å². The molecule has 1 aromatic carbocycles. The first-order valence-electron chi connectivity index (χ1n) is 6.17. The van der Waals surface area contributed by atoms with Crippen molar-refractivity contribution in [3.8, 4) is 0 Å². The van der Waals surface area contributed by atoms with Crippen LogP contribution >= 0.6 is 0 Å². The van der Waals surface area contributed by atoms with E-state index in [-0.39, 0.29) is 12.0 Å². The van der Waals surface area contributed by atoms with Gasteiger partial charge in [0.05, 0.1) is 6.10 Å². The van der Waals surface area contributed by atoms with E-state index in [1.165, 1.54) is 0 Å². The van der Waals surface area contributed by atoms with Gasteiger partial charge in [0.15, 0.2) is 0 Å². The van der Waals surface area contributed by atoms with Gasteiger partial charge in [-0.05, 0) is 30.7 Å². The molecule has 0 bridgehead atoms. The topological polar surface area (TPSA) is 45.5 Å². The minimum absolute atomic E-state index is 0.0114. The number of nitrogens with zero attached hydrogens (tertiary/aromatic N) is 2. The largest absolute Gasteiger partial charge is 0.391 e. The van der Waals surface area contributed by atoms with Gasteiger partial charge in [0.2, 0.25) is 0 Å². The number of aliphatic hydroxyl groups excluding tert-OH is 1. The van der Waals surface area contributed by atoms with Crippen LogP contribution in [0, 0.1) is 0 Å². The van der Waals surface area contributed by atoms with Crippen LogP contribution in [0.2, 0.25) is 0 Å². The molecule has 18 heavy (non-hydrogen) atoms. The molecule has 1 N–H and O–H groups in total. The van der Waals surface area contributed by atoms with Crippen LogP contribution in [0.25, 0.3) is 10.9 Å². The minimum Gasteiger partial charge on any atom is -0.391 e. The predicted molar refractivity (Wildman–Crippen MR) is 69.4 cm³/mol. The van der Waals surface area contributed by atoms with Gasteiger partial charge in [-0.15, -0.1) is 0 Å². The van der Waals surface area contributed by atoms with Crippen LogP contribution in [0.1, 0.15) is 16.8 Å². The van der Waals surface area contributed by atoms with E-state index in [0.29, 0.717) is 25.1 Å². The monoisotopic (exact) mass is 244 g/mol. The van der Waals surface area contributed by atoms with Gasteiger partial charge < -0.3 is 14.6 Å². The molecule has 0 saturated carbocycles. The molecule has 0 radical (unpaired) electrons. The first kappa shape index (κ1) is 11.3. The van der Waals surface area contributed by atoms with Crippen molar-refractivity contribution in [1.29, 1.82) is 0 Å². The van der Waals surface area contributed by atoms with Crippen LogP contribution in [-0.2, 0) is 7.05 Å². The molecular weight excluding hydrogens is 228 g/mol. The Morgan fingerprint density at radius 1 is 1.39 bits per heavy atom. The number of hydrogen-bond acceptors (Lipinski definition) is 2.